The molecule has 0 saturated heterocycles. The second-order valence-electron chi connectivity index (χ2n) is 5.20. The largest absolute Gasteiger partial charge is 0.516 e. The zero-order chi connectivity index (χ0) is 17.7. The SMILES string of the molecule is BrCC#Cc1ccccc1.[C-]#[N+]C(CC#C)([N+]#[C-])C1=CCCCC1. The van der Waals surface area contributed by atoms with Crippen LogP contribution in [0.4, 0.5) is 0 Å². The molecule has 2 rings (SSSR count). The van der Waals surface area contributed by atoms with E-state index < -0.39 is 5.66 Å². The van der Waals surface area contributed by atoms with E-state index >= 15 is 0 Å². The topological polar surface area (TPSA) is 8.72 Å². The third-order valence-corrected chi connectivity index (χ3v) is 3.88. The van der Waals surface area contributed by atoms with Crippen LogP contribution in [0.15, 0.2) is 42.0 Å². The van der Waals surface area contributed by atoms with Gasteiger partial charge in [0.1, 0.15) is 0 Å². The zero-order valence-corrected chi connectivity index (χ0v) is 15.1. The quantitative estimate of drug-likeness (QED) is 0.279. The number of hydrogen-bond acceptors (Lipinski definition) is 0. The highest BCUT2D eigenvalue weighted by Gasteiger charge is 2.47. The molecule has 2 nitrogen and oxygen atoms in total. The van der Waals surface area contributed by atoms with E-state index in [4.69, 9.17) is 19.6 Å². The van der Waals surface area contributed by atoms with Gasteiger partial charge in [-0.15, -0.1) is 6.42 Å². The van der Waals surface area contributed by atoms with Crippen LogP contribution in [0.1, 0.15) is 37.7 Å². The second kappa shape index (κ2) is 11.1. The number of halogens is 1. The second-order valence-corrected chi connectivity index (χ2v) is 5.76. The summed E-state index contributed by atoms with van der Waals surface area (Å²) in [7, 11) is 0. The van der Waals surface area contributed by atoms with Gasteiger partial charge in [0.2, 0.25) is 0 Å². The summed E-state index contributed by atoms with van der Waals surface area (Å²) in [6, 6.07) is 9.95. The zero-order valence-electron chi connectivity index (χ0n) is 13.6. The maximum atomic E-state index is 7.12. The minimum atomic E-state index is -1.09. The highest BCUT2D eigenvalue weighted by atomic mass is 79.9. The van der Waals surface area contributed by atoms with E-state index in [1.54, 1.807) is 0 Å². The lowest BCUT2D eigenvalue weighted by Crippen LogP contribution is -2.23. The molecule has 0 fully saturated rings. The third-order valence-electron chi connectivity index (χ3n) is 3.60. The van der Waals surface area contributed by atoms with Crippen LogP contribution in [0, 0.1) is 37.3 Å². The molecule has 1 aliphatic rings. The lowest BCUT2D eigenvalue weighted by molar-refractivity contribution is 0.612. The van der Waals surface area contributed by atoms with Gasteiger partial charge in [0, 0.05) is 5.56 Å². The first-order chi connectivity index (χ1) is 11.7. The molecule has 1 aromatic rings. The van der Waals surface area contributed by atoms with E-state index in [1.165, 1.54) is 0 Å². The Morgan fingerprint density at radius 3 is 2.38 bits per heavy atom. The van der Waals surface area contributed by atoms with Crippen LogP contribution in [-0.2, 0) is 0 Å². The van der Waals surface area contributed by atoms with E-state index in [2.05, 4.69) is 43.4 Å². The third kappa shape index (κ3) is 5.97. The molecule has 24 heavy (non-hydrogen) atoms. The summed E-state index contributed by atoms with van der Waals surface area (Å²) >= 11 is 3.23. The number of hydrogen-bond donors (Lipinski definition) is 0. The molecule has 1 aliphatic carbocycles. The van der Waals surface area contributed by atoms with E-state index in [0.717, 1.165) is 42.1 Å². The van der Waals surface area contributed by atoms with Gasteiger partial charge < -0.3 is 0 Å². The van der Waals surface area contributed by atoms with Crippen molar-refractivity contribution in [2.24, 2.45) is 0 Å². The molecule has 0 amide bonds. The summed E-state index contributed by atoms with van der Waals surface area (Å²) in [4.78, 5) is 6.87. The number of benzene rings is 1. The van der Waals surface area contributed by atoms with Crippen LogP contribution < -0.4 is 0 Å². The predicted molar refractivity (Wildman–Crippen MR) is 103 cm³/mol. The summed E-state index contributed by atoms with van der Waals surface area (Å²) in [5.74, 6) is 8.37. The van der Waals surface area contributed by atoms with Gasteiger partial charge >= 0.3 is 5.66 Å². The van der Waals surface area contributed by atoms with Crippen molar-refractivity contribution in [1.29, 1.82) is 0 Å². The Kier molecular flexibility index (Phi) is 9.09. The monoisotopic (exact) mass is 378 g/mol. The summed E-state index contributed by atoms with van der Waals surface area (Å²) in [6.45, 7) is 14.2. The standard InChI is InChI=1S/C12H12N2.C9H7Br/c1-4-10-12(13-2,14-3)11-8-6-5-7-9-11;10-8-4-7-9-5-2-1-3-6-9/h1,8H,5-7,9-10H2;1-3,5-6H,8H2. The van der Waals surface area contributed by atoms with Gasteiger partial charge in [-0.3, -0.25) is 0 Å². The Labute approximate surface area is 153 Å². The van der Waals surface area contributed by atoms with Crippen molar-refractivity contribution in [2.75, 3.05) is 5.33 Å². The fourth-order valence-electron chi connectivity index (χ4n) is 2.36. The Bertz CT molecular complexity index is 717. The molecule has 0 atom stereocenters. The Morgan fingerprint density at radius 2 is 1.88 bits per heavy atom. The predicted octanol–water partition coefficient (Wildman–Crippen LogP) is 5.48. The highest BCUT2D eigenvalue weighted by molar-refractivity contribution is 9.09. The molecule has 0 aliphatic heterocycles. The fraction of sp³-hybridized carbons (Fsp3) is 0.333. The van der Waals surface area contributed by atoms with E-state index in [-0.39, 0.29) is 6.42 Å². The molecule has 0 bridgehead atoms. The summed E-state index contributed by atoms with van der Waals surface area (Å²) in [5, 5.41) is 0.738. The van der Waals surface area contributed by atoms with Crippen LogP contribution in [0.2, 0.25) is 0 Å². The maximum absolute atomic E-state index is 7.12. The van der Waals surface area contributed by atoms with E-state index in [0.29, 0.717) is 0 Å². The number of terminal acetylenes is 1. The fourth-order valence-corrected chi connectivity index (χ4v) is 2.50. The molecule has 3 heteroatoms. The van der Waals surface area contributed by atoms with Crippen LogP contribution >= 0.6 is 15.9 Å². The summed E-state index contributed by atoms with van der Waals surface area (Å²) < 4.78 is 0. The number of nitrogens with zero attached hydrogens (tertiary/aromatic N) is 2. The molecule has 0 aromatic heterocycles. The maximum Gasteiger partial charge on any atom is 0.516 e. The van der Waals surface area contributed by atoms with Crippen LogP contribution in [0.25, 0.3) is 9.69 Å². The number of alkyl halides is 1. The van der Waals surface area contributed by atoms with Crippen molar-refractivity contribution in [3.05, 3.63) is 70.4 Å². The van der Waals surface area contributed by atoms with Gasteiger partial charge in [0.15, 0.2) is 6.42 Å². The molecule has 0 saturated carbocycles. The Hall–Kier alpha value is -2.46. The van der Waals surface area contributed by atoms with E-state index in [1.807, 2.05) is 36.4 Å². The average molecular weight is 379 g/mol. The first kappa shape index (κ1) is 19.6. The molecule has 120 valence electrons. The van der Waals surface area contributed by atoms with Gasteiger partial charge in [-0.2, -0.15) is 0 Å². The number of allylic oxidation sites excluding steroid dienone is 1. The first-order valence-electron chi connectivity index (χ1n) is 7.72. The van der Waals surface area contributed by atoms with Crippen molar-refractivity contribution in [3.63, 3.8) is 0 Å². The molecule has 0 radical (unpaired) electrons. The normalized spacial score (nSPS) is 12.7. The van der Waals surface area contributed by atoms with Gasteiger partial charge in [0.05, 0.1) is 10.9 Å². The highest BCUT2D eigenvalue weighted by Crippen LogP contribution is 2.34. The molecule has 1 aromatic carbocycles. The van der Waals surface area contributed by atoms with Crippen LogP contribution in [0.3, 0.4) is 0 Å². The van der Waals surface area contributed by atoms with Gasteiger partial charge in [-0.25, -0.2) is 22.8 Å². The lowest BCUT2D eigenvalue weighted by Gasteiger charge is -2.14. The Morgan fingerprint density at radius 1 is 1.17 bits per heavy atom. The van der Waals surface area contributed by atoms with E-state index in [9.17, 15) is 0 Å². The van der Waals surface area contributed by atoms with Crippen molar-refractivity contribution in [1.82, 2.24) is 0 Å². The molecule has 0 N–H and O–H groups in total. The van der Waals surface area contributed by atoms with Crippen LogP contribution in [-0.4, -0.2) is 11.0 Å². The van der Waals surface area contributed by atoms with Crippen molar-refractivity contribution in [3.8, 4) is 24.2 Å². The molecule has 0 unspecified atom stereocenters. The molecular formula is C21H19BrN2. The van der Waals surface area contributed by atoms with Crippen molar-refractivity contribution < 1.29 is 0 Å². The van der Waals surface area contributed by atoms with Crippen molar-refractivity contribution >= 4 is 15.9 Å². The molecule has 0 heterocycles. The first-order valence-corrected chi connectivity index (χ1v) is 8.84. The number of rotatable bonds is 2. The van der Waals surface area contributed by atoms with Gasteiger partial charge in [-0.1, -0.05) is 58.0 Å². The summed E-state index contributed by atoms with van der Waals surface area (Å²) in [5.41, 5.74) is 0.920. The minimum Gasteiger partial charge on any atom is -0.225 e. The minimum absolute atomic E-state index is 0.214. The smallest absolute Gasteiger partial charge is 0.225 e. The van der Waals surface area contributed by atoms with Crippen molar-refractivity contribution in [2.45, 2.75) is 37.8 Å². The average Bonchev–Trinajstić information content (AvgIpc) is 2.66. The van der Waals surface area contributed by atoms with Crippen LogP contribution in [0.5, 0.6) is 0 Å². The lowest BCUT2D eigenvalue weighted by atomic mass is 9.88. The Balaban J connectivity index is 0.000000254. The van der Waals surface area contributed by atoms with Gasteiger partial charge in [-0.05, 0) is 37.8 Å². The molecular weight excluding hydrogens is 360 g/mol. The molecule has 0 spiro atoms. The summed E-state index contributed by atoms with van der Waals surface area (Å²) in [6.07, 6.45) is 11.5. The van der Waals surface area contributed by atoms with Gasteiger partial charge in [0.25, 0.3) is 0 Å².